The van der Waals surface area contributed by atoms with Gasteiger partial charge in [0.15, 0.2) is 0 Å². The van der Waals surface area contributed by atoms with E-state index in [4.69, 9.17) is 5.11 Å². The highest BCUT2D eigenvalue weighted by Crippen LogP contribution is 2.09. The van der Waals surface area contributed by atoms with Gasteiger partial charge in [-0.15, -0.1) is 0 Å². The van der Waals surface area contributed by atoms with Crippen LogP contribution in [0, 0.1) is 6.92 Å². The minimum Gasteiger partial charge on any atom is -0.478 e. The molecule has 0 unspecified atom stereocenters. The molecule has 0 spiro atoms. The van der Waals surface area contributed by atoms with Crippen LogP contribution in [0.1, 0.15) is 16.1 Å². The van der Waals surface area contributed by atoms with Crippen molar-refractivity contribution < 1.29 is 9.90 Å². The molecule has 0 aromatic carbocycles. The van der Waals surface area contributed by atoms with E-state index in [0.717, 1.165) is 0 Å². The van der Waals surface area contributed by atoms with Crippen molar-refractivity contribution in [1.29, 1.82) is 0 Å². The first-order valence-corrected chi connectivity index (χ1v) is 4.43. The largest absolute Gasteiger partial charge is 0.478 e. The van der Waals surface area contributed by atoms with Crippen LogP contribution in [0.15, 0.2) is 23.3 Å². The number of nitrogens with one attached hydrogen (secondary N) is 1. The second-order valence-electron chi connectivity index (χ2n) is 3.12. The summed E-state index contributed by atoms with van der Waals surface area (Å²) in [6.45, 7) is 1.59. The molecule has 0 aliphatic rings. The Morgan fingerprint density at radius 2 is 2.31 bits per heavy atom. The molecule has 7 heteroatoms. The first-order valence-electron chi connectivity index (χ1n) is 4.43. The molecule has 0 aliphatic heterocycles. The number of carboxylic acid groups (broad SMARTS) is 1. The number of hydrogen-bond acceptors (Lipinski definition) is 4. The van der Waals surface area contributed by atoms with E-state index in [1.54, 1.807) is 6.92 Å². The van der Waals surface area contributed by atoms with E-state index in [1.165, 1.54) is 23.1 Å². The summed E-state index contributed by atoms with van der Waals surface area (Å²) in [5, 5.41) is 12.7. The van der Waals surface area contributed by atoms with Gasteiger partial charge in [0.25, 0.3) is 5.56 Å². The van der Waals surface area contributed by atoms with Gasteiger partial charge in [0, 0.05) is 12.3 Å². The molecule has 16 heavy (non-hydrogen) atoms. The first kappa shape index (κ1) is 10.1. The molecule has 0 saturated heterocycles. The lowest BCUT2D eigenvalue weighted by atomic mass is 10.3. The second-order valence-corrected chi connectivity index (χ2v) is 3.12. The quantitative estimate of drug-likeness (QED) is 0.739. The molecule has 0 aliphatic carbocycles. The van der Waals surface area contributed by atoms with Crippen LogP contribution in [-0.4, -0.2) is 30.8 Å². The smallest absolute Gasteiger partial charge is 0.339 e. The summed E-state index contributed by atoms with van der Waals surface area (Å²) in [7, 11) is 0. The average Bonchev–Trinajstić information content (AvgIpc) is 2.60. The van der Waals surface area contributed by atoms with Crippen molar-refractivity contribution in [3.8, 4) is 5.95 Å². The summed E-state index contributed by atoms with van der Waals surface area (Å²) in [5.74, 6) is -0.875. The molecule has 7 nitrogen and oxygen atoms in total. The van der Waals surface area contributed by atoms with Crippen molar-refractivity contribution in [2.24, 2.45) is 0 Å². The Morgan fingerprint density at radius 1 is 1.56 bits per heavy atom. The molecule has 82 valence electrons. The maximum absolute atomic E-state index is 11.1. The monoisotopic (exact) mass is 220 g/mol. The molecular weight excluding hydrogens is 212 g/mol. The minimum atomic E-state index is -1.07. The van der Waals surface area contributed by atoms with Crippen molar-refractivity contribution in [2.45, 2.75) is 6.92 Å². The Labute approximate surface area is 89.4 Å². The highest BCUT2D eigenvalue weighted by Gasteiger charge is 2.14. The van der Waals surface area contributed by atoms with Gasteiger partial charge in [-0.3, -0.25) is 9.78 Å². The number of carboxylic acids is 1. The van der Waals surface area contributed by atoms with E-state index in [1.807, 2.05) is 0 Å². The molecule has 0 amide bonds. The van der Waals surface area contributed by atoms with Crippen LogP contribution in [0.25, 0.3) is 5.95 Å². The number of H-pyrrole nitrogens is 1. The summed E-state index contributed by atoms with van der Waals surface area (Å²) >= 11 is 0. The predicted molar refractivity (Wildman–Crippen MR) is 53.7 cm³/mol. The summed E-state index contributed by atoms with van der Waals surface area (Å²) in [4.78, 5) is 28.2. The molecule has 0 fully saturated rings. The molecule has 2 N–H and O–H groups in total. The van der Waals surface area contributed by atoms with Crippen LogP contribution in [-0.2, 0) is 0 Å². The molecule has 0 radical (unpaired) electrons. The van der Waals surface area contributed by atoms with E-state index in [0.29, 0.717) is 5.69 Å². The van der Waals surface area contributed by atoms with Crippen molar-refractivity contribution in [3.05, 3.63) is 40.1 Å². The van der Waals surface area contributed by atoms with Crippen LogP contribution in [0.5, 0.6) is 0 Å². The standard InChI is InChI=1S/C9H8N4O3/c1-5-6(8(15)16)4-11-13(5)9-10-3-2-7(14)12-9/h2-4H,1H3,(H,15,16)(H,10,12,14). The Balaban J connectivity index is 2.57. The first-order chi connectivity index (χ1) is 7.59. The third-order valence-electron chi connectivity index (χ3n) is 2.10. The van der Waals surface area contributed by atoms with Gasteiger partial charge in [-0.1, -0.05) is 0 Å². The fourth-order valence-corrected chi connectivity index (χ4v) is 1.30. The van der Waals surface area contributed by atoms with Crippen molar-refractivity contribution in [2.75, 3.05) is 0 Å². The van der Waals surface area contributed by atoms with Crippen LogP contribution < -0.4 is 5.56 Å². The Hall–Kier alpha value is -2.44. The highest BCUT2D eigenvalue weighted by atomic mass is 16.4. The van der Waals surface area contributed by atoms with Crippen LogP contribution >= 0.6 is 0 Å². The minimum absolute atomic E-state index is 0.0755. The maximum Gasteiger partial charge on any atom is 0.339 e. The molecule has 0 saturated carbocycles. The highest BCUT2D eigenvalue weighted by molar-refractivity contribution is 5.88. The lowest BCUT2D eigenvalue weighted by Gasteiger charge is -2.01. The Morgan fingerprint density at radius 3 is 2.88 bits per heavy atom. The van der Waals surface area contributed by atoms with Gasteiger partial charge in [0.1, 0.15) is 5.56 Å². The zero-order valence-electron chi connectivity index (χ0n) is 8.34. The lowest BCUT2D eigenvalue weighted by Crippen LogP contribution is -2.13. The zero-order chi connectivity index (χ0) is 11.7. The van der Waals surface area contributed by atoms with E-state index in [9.17, 15) is 9.59 Å². The second kappa shape index (κ2) is 3.61. The van der Waals surface area contributed by atoms with Crippen LogP contribution in [0.4, 0.5) is 0 Å². The maximum atomic E-state index is 11.1. The molecule has 2 heterocycles. The third kappa shape index (κ3) is 1.58. The van der Waals surface area contributed by atoms with E-state index in [2.05, 4.69) is 15.1 Å². The predicted octanol–water partition coefficient (Wildman–Crippen LogP) is -0.0378. The lowest BCUT2D eigenvalue weighted by molar-refractivity contribution is 0.0696. The molecule has 2 rings (SSSR count). The Kier molecular flexibility index (Phi) is 2.28. The normalized spacial score (nSPS) is 10.3. The number of carbonyl (C=O) groups is 1. The SMILES string of the molecule is Cc1c(C(=O)O)cnn1-c1nccc(=O)[nH]1. The van der Waals surface area contributed by atoms with E-state index in [-0.39, 0.29) is 17.1 Å². The van der Waals surface area contributed by atoms with E-state index >= 15 is 0 Å². The molecule has 2 aromatic rings. The van der Waals surface area contributed by atoms with E-state index < -0.39 is 5.97 Å². The zero-order valence-corrected chi connectivity index (χ0v) is 8.34. The van der Waals surface area contributed by atoms with Gasteiger partial charge in [-0.05, 0) is 6.92 Å². The molecule has 2 aromatic heterocycles. The van der Waals surface area contributed by atoms with Gasteiger partial charge < -0.3 is 5.11 Å². The van der Waals surface area contributed by atoms with Gasteiger partial charge in [0.2, 0.25) is 5.95 Å². The number of aromatic nitrogens is 4. The van der Waals surface area contributed by atoms with Gasteiger partial charge in [-0.2, -0.15) is 5.10 Å². The number of aromatic carboxylic acids is 1. The molecule has 0 bridgehead atoms. The van der Waals surface area contributed by atoms with Crippen LogP contribution in [0.3, 0.4) is 0 Å². The molecule has 0 atom stereocenters. The van der Waals surface area contributed by atoms with Crippen LogP contribution in [0.2, 0.25) is 0 Å². The Bertz CT molecular complexity index is 599. The fourth-order valence-electron chi connectivity index (χ4n) is 1.30. The van der Waals surface area contributed by atoms with Gasteiger partial charge in [-0.25, -0.2) is 14.5 Å². The molecular formula is C9H8N4O3. The number of aromatic amines is 1. The fraction of sp³-hybridized carbons (Fsp3) is 0.111. The number of nitrogens with zero attached hydrogens (tertiary/aromatic N) is 3. The van der Waals surface area contributed by atoms with Gasteiger partial charge in [0.05, 0.1) is 11.9 Å². The topological polar surface area (TPSA) is 101 Å². The van der Waals surface area contributed by atoms with Crippen molar-refractivity contribution in [1.82, 2.24) is 19.7 Å². The van der Waals surface area contributed by atoms with Crippen molar-refractivity contribution >= 4 is 5.97 Å². The third-order valence-corrected chi connectivity index (χ3v) is 2.10. The van der Waals surface area contributed by atoms with Gasteiger partial charge >= 0.3 is 5.97 Å². The number of hydrogen-bond donors (Lipinski definition) is 2. The summed E-state index contributed by atoms with van der Waals surface area (Å²) in [5.41, 5.74) is 0.158. The van der Waals surface area contributed by atoms with Crippen molar-refractivity contribution in [3.63, 3.8) is 0 Å². The summed E-state index contributed by atoms with van der Waals surface area (Å²) in [6.07, 6.45) is 2.54. The summed E-state index contributed by atoms with van der Waals surface area (Å²) < 4.78 is 1.27. The number of rotatable bonds is 2. The average molecular weight is 220 g/mol. The summed E-state index contributed by atoms with van der Waals surface area (Å²) in [6, 6.07) is 1.26.